The number of carbonyl (C=O) groups is 1. The molecule has 1 aliphatic rings. The Morgan fingerprint density at radius 1 is 1.22 bits per heavy atom. The zero-order chi connectivity index (χ0) is 13.0. The number of nitrogens with zero attached hydrogens (tertiary/aromatic N) is 2. The molecule has 2 rings (SSSR count). The maximum Gasteiger partial charge on any atom is 0.255 e. The fraction of sp³-hybridized carbons (Fsp3) is 0.462. The van der Waals surface area contributed by atoms with Crippen molar-refractivity contribution in [2.24, 2.45) is 0 Å². The second kappa shape index (κ2) is 6.31. The number of hydrogen-bond donors (Lipinski definition) is 1. The van der Waals surface area contributed by atoms with Crippen LogP contribution in [0.25, 0.3) is 0 Å². The highest BCUT2D eigenvalue weighted by Gasteiger charge is 2.22. The maximum atomic E-state index is 12.3. The Kier molecular flexibility index (Phi) is 4.74. The summed E-state index contributed by atoms with van der Waals surface area (Å²) in [7, 11) is 0. The van der Waals surface area contributed by atoms with Gasteiger partial charge in [-0.15, -0.1) is 0 Å². The average Bonchev–Trinajstić information content (AvgIpc) is 2.40. The molecular formula is C13H17BrN2O2. The van der Waals surface area contributed by atoms with Crippen LogP contribution in [0.15, 0.2) is 28.7 Å². The van der Waals surface area contributed by atoms with Gasteiger partial charge in [-0.3, -0.25) is 9.69 Å². The van der Waals surface area contributed by atoms with Crippen LogP contribution in [0, 0.1) is 0 Å². The number of aliphatic hydroxyl groups excluding tert-OH is 1. The molecule has 0 spiro atoms. The van der Waals surface area contributed by atoms with Gasteiger partial charge in [0.15, 0.2) is 0 Å². The van der Waals surface area contributed by atoms with Crippen molar-refractivity contribution in [1.82, 2.24) is 9.80 Å². The van der Waals surface area contributed by atoms with Crippen LogP contribution in [0.5, 0.6) is 0 Å². The van der Waals surface area contributed by atoms with Crippen molar-refractivity contribution >= 4 is 21.8 Å². The number of piperazine rings is 1. The zero-order valence-electron chi connectivity index (χ0n) is 10.2. The Labute approximate surface area is 115 Å². The quantitative estimate of drug-likeness (QED) is 0.912. The largest absolute Gasteiger partial charge is 0.395 e. The van der Waals surface area contributed by atoms with Gasteiger partial charge < -0.3 is 10.0 Å². The third-order valence-electron chi connectivity index (χ3n) is 3.18. The second-order valence-electron chi connectivity index (χ2n) is 4.34. The molecule has 0 aliphatic carbocycles. The van der Waals surface area contributed by atoms with E-state index in [0.29, 0.717) is 12.1 Å². The lowest BCUT2D eigenvalue weighted by Crippen LogP contribution is -2.49. The summed E-state index contributed by atoms with van der Waals surface area (Å²) >= 11 is 3.41. The van der Waals surface area contributed by atoms with Gasteiger partial charge in [0.1, 0.15) is 0 Å². The van der Waals surface area contributed by atoms with Gasteiger partial charge in [-0.25, -0.2) is 0 Å². The molecule has 1 saturated heterocycles. The Hall–Kier alpha value is -0.910. The number of carbonyl (C=O) groups excluding carboxylic acids is 1. The van der Waals surface area contributed by atoms with E-state index in [1.54, 1.807) is 0 Å². The van der Waals surface area contributed by atoms with E-state index in [-0.39, 0.29) is 12.5 Å². The van der Waals surface area contributed by atoms with Gasteiger partial charge in [-0.2, -0.15) is 0 Å². The fourth-order valence-electron chi connectivity index (χ4n) is 2.12. The molecule has 4 nitrogen and oxygen atoms in total. The van der Waals surface area contributed by atoms with Crippen molar-refractivity contribution in [3.8, 4) is 0 Å². The van der Waals surface area contributed by atoms with E-state index in [2.05, 4.69) is 20.8 Å². The molecule has 5 heteroatoms. The number of rotatable bonds is 3. The van der Waals surface area contributed by atoms with Crippen LogP contribution in [-0.4, -0.2) is 60.1 Å². The van der Waals surface area contributed by atoms with Gasteiger partial charge in [0, 0.05) is 37.2 Å². The molecule has 1 aromatic rings. The van der Waals surface area contributed by atoms with Crippen LogP contribution in [0.3, 0.4) is 0 Å². The predicted octanol–water partition coefficient (Wildman–Crippen LogP) is 1.20. The lowest BCUT2D eigenvalue weighted by atomic mass is 10.2. The van der Waals surface area contributed by atoms with E-state index in [9.17, 15) is 4.79 Å². The smallest absolute Gasteiger partial charge is 0.255 e. The molecule has 1 aromatic carbocycles. The van der Waals surface area contributed by atoms with Crippen molar-refractivity contribution < 1.29 is 9.90 Å². The number of benzene rings is 1. The molecule has 1 aliphatic heterocycles. The summed E-state index contributed by atoms with van der Waals surface area (Å²) in [6.07, 6.45) is 0. The number of hydrogen-bond acceptors (Lipinski definition) is 3. The van der Waals surface area contributed by atoms with Crippen molar-refractivity contribution in [2.75, 3.05) is 39.3 Å². The minimum absolute atomic E-state index is 0.0751. The SMILES string of the molecule is O=C(c1ccccc1Br)N1CCN(CCO)CC1. The molecule has 1 N–H and O–H groups in total. The van der Waals surface area contributed by atoms with Gasteiger partial charge in [-0.05, 0) is 28.1 Å². The first-order chi connectivity index (χ1) is 8.72. The minimum Gasteiger partial charge on any atom is -0.395 e. The normalized spacial score (nSPS) is 16.9. The standard InChI is InChI=1S/C13H17BrN2O2/c14-12-4-2-1-3-11(12)13(18)16-7-5-15(6-8-16)9-10-17/h1-4,17H,5-10H2. The molecule has 18 heavy (non-hydrogen) atoms. The number of aliphatic hydroxyl groups is 1. The summed E-state index contributed by atoms with van der Waals surface area (Å²) in [6, 6.07) is 7.50. The highest BCUT2D eigenvalue weighted by molar-refractivity contribution is 9.10. The highest BCUT2D eigenvalue weighted by Crippen LogP contribution is 2.18. The first-order valence-electron chi connectivity index (χ1n) is 6.09. The summed E-state index contributed by atoms with van der Waals surface area (Å²) in [5.74, 6) is 0.0751. The van der Waals surface area contributed by atoms with Crippen LogP contribution < -0.4 is 0 Å². The summed E-state index contributed by atoms with van der Waals surface area (Å²) in [6.45, 7) is 3.98. The predicted molar refractivity (Wildman–Crippen MR) is 73.6 cm³/mol. The Morgan fingerprint density at radius 2 is 1.89 bits per heavy atom. The van der Waals surface area contributed by atoms with Crippen LogP contribution >= 0.6 is 15.9 Å². The maximum absolute atomic E-state index is 12.3. The average molecular weight is 313 g/mol. The van der Waals surface area contributed by atoms with Gasteiger partial charge in [0.2, 0.25) is 0 Å². The van der Waals surface area contributed by atoms with Gasteiger partial charge in [0.25, 0.3) is 5.91 Å². The molecule has 0 unspecified atom stereocenters. The second-order valence-corrected chi connectivity index (χ2v) is 5.19. The zero-order valence-corrected chi connectivity index (χ0v) is 11.8. The molecule has 1 amide bonds. The van der Waals surface area contributed by atoms with E-state index in [0.717, 1.165) is 30.7 Å². The third-order valence-corrected chi connectivity index (χ3v) is 3.87. The van der Waals surface area contributed by atoms with Crippen LogP contribution in [-0.2, 0) is 0 Å². The first-order valence-corrected chi connectivity index (χ1v) is 6.88. The Morgan fingerprint density at radius 3 is 2.50 bits per heavy atom. The van der Waals surface area contributed by atoms with Gasteiger partial charge >= 0.3 is 0 Å². The lowest BCUT2D eigenvalue weighted by molar-refractivity contribution is 0.0614. The number of amides is 1. The van der Waals surface area contributed by atoms with Crippen LogP contribution in [0.1, 0.15) is 10.4 Å². The third kappa shape index (κ3) is 3.10. The summed E-state index contributed by atoms with van der Waals surface area (Å²) < 4.78 is 0.841. The van der Waals surface area contributed by atoms with Crippen molar-refractivity contribution in [3.63, 3.8) is 0 Å². The van der Waals surface area contributed by atoms with Gasteiger partial charge in [0.05, 0.1) is 12.2 Å². The molecule has 1 fully saturated rings. The van der Waals surface area contributed by atoms with Crippen molar-refractivity contribution in [2.45, 2.75) is 0 Å². The van der Waals surface area contributed by atoms with E-state index < -0.39 is 0 Å². The van der Waals surface area contributed by atoms with E-state index in [1.807, 2.05) is 29.2 Å². The fourth-order valence-corrected chi connectivity index (χ4v) is 2.58. The summed E-state index contributed by atoms with van der Waals surface area (Å²) in [4.78, 5) is 16.4. The molecule has 98 valence electrons. The molecule has 0 radical (unpaired) electrons. The van der Waals surface area contributed by atoms with Crippen molar-refractivity contribution in [3.05, 3.63) is 34.3 Å². The lowest BCUT2D eigenvalue weighted by Gasteiger charge is -2.34. The minimum atomic E-state index is 0.0751. The number of halogens is 1. The van der Waals surface area contributed by atoms with E-state index >= 15 is 0 Å². The molecule has 0 atom stereocenters. The Bertz CT molecular complexity index is 417. The van der Waals surface area contributed by atoms with Crippen LogP contribution in [0.2, 0.25) is 0 Å². The molecule has 0 bridgehead atoms. The number of β-amino-alcohol motifs (C(OH)–C–C–N with tert-alkyl or cyclic N) is 1. The molecule has 1 heterocycles. The molecule has 0 saturated carbocycles. The van der Waals surface area contributed by atoms with Gasteiger partial charge in [-0.1, -0.05) is 12.1 Å². The topological polar surface area (TPSA) is 43.8 Å². The van der Waals surface area contributed by atoms with E-state index in [1.165, 1.54) is 0 Å². The van der Waals surface area contributed by atoms with Crippen LogP contribution in [0.4, 0.5) is 0 Å². The van der Waals surface area contributed by atoms with E-state index in [4.69, 9.17) is 5.11 Å². The monoisotopic (exact) mass is 312 g/mol. The molecular weight excluding hydrogens is 296 g/mol. The first kappa shape index (κ1) is 13.5. The molecule has 0 aromatic heterocycles. The van der Waals surface area contributed by atoms with Crippen molar-refractivity contribution in [1.29, 1.82) is 0 Å². The Balaban J connectivity index is 1.98. The highest BCUT2D eigenvalue weighted by atomic mass is 79.9. The summed E-state index contributed by atoms with van der Waals surface area (Å²) in [5, 5.41) is 8.88. The summed E-state index contributed by atoms with van der Waals surface area (Å²) in [5.41, 5.74) is 0.716.